The lowest BCUT2D eigenvalue weighted by Gasteiger charge is -2.34. The second-order valence-electron chi connectivity index (χ2n) is 8.78. The van der Waals surface area contributed by atoms with Crippen LogP contribution in [0.5, 0.6) is 0 Å². The Morgan fingerprint density at radius 3 is 2.53 bits per heavy atom. The maximum atomic E-state index is 13.1. The highest BCUT2D eigenvalue weighted by molar-refractivity contribution is 8.03. The van der Waals surface area contributed by atoms with E-state index in [4.69, 9.17) is 4.74 Å². The van der Waals surface area contributed by atoms with E-state index in [2.05, 4.69) is 11.8 Å². The van der Waals surface area contributed by atoms with Gasteiger partial charge in [-0.05, 0) is 80.1 Å². The van der Waals surface area contributed by atoms with Crippen LogP contribution in [0.3, 0.4) is 0 Å². The number of aryl methyl sites for hydroxylation is 1. The third kappa shape index (κ3) is 5.02. The highest BCUT2D eigenvalue weighted by Gasteiger charge is 2.42. The fourth-order valence-corrected chi connectivity index (χ4v) is 6.41. The quantitative estimate of drug-likeness (QED) is 0.508. The lowest BCUT2D eigenvalue weighted by Crippen LogP contribution is -2.33. The molecular weight excluding hydrogens is 401 g/mol. The van der Waals surface area contributed by atoms with Crippen LogP contribution in [-0.4, -0.2) is 34.5 Å². The molecule has 0 saturated heterocycles. The molecule has 4 rings (SSSR count). The molecule has 4 nitrogen and oxygen atoms in total. The molecule has 1 N–H and O–H groups in total. The Kier molecular flexibility index (Phi) is 6.71. The van der Waals surface area contributed by atoms with Crippen molar-refractivity contribution < 1.29 is 19.0 Å². The van der Waals surface area contributed by atoms with Crippen LogP contribution in [0.25, 0.3) is 0 Å². The largest absolute Gasteiger partial charge is 0.511 e. The van der Waals surface area contributed by atoms with Crippen molar-refractivity contribution in [3.63, 3.8) is 0 Å². The van der Waals surface area contributed by atoms with Crippen molar-refractivity contribution in [1.29, 1.82) is 0 Å². The zero-order chi connectivity index (χ0) is 21.1. The summed E-state index contributed by atoms with van der Waals surface area (Å²) in [5.74, 6) is 2.59. The molecule has 2 aliphatic carbocycles. The monoisotopic (exact) mass is 431 g/mol. The van der Waals surface area contributed by atoms with Gasteiger partial charge in [-0.2, -0.15) is 0 Å². The summed E-state index contributed by atoms with van der Waals surface area (Å²) in [6, 6.07) is 6.66. The summed E-state index contributed by atoms with van der Waals surface area (Å²) in [6.45, 7) is 3.95. The zero-order valence-corrected chi connectivity index (χ0v) is 18.2. The summed E-state index contributed by atoms with van der Waals surface area (Å²) in [4.78, 5) is 13.6. The van der Waals surface area contributed by atoms with E-state index < -0.39 is 6.16 Å². The number of carboxylic acid groups (broad SMARTS) is 1. The van der Waals surface area contributed by atoms with Gasteiger partial charge >= 0.3 is 6.16 Å². The van der Waals surface area contributed by atoms with Crippen LogP contribution in [0, 0.1) is 23.6 Å². The predicted molar refractivity (Wildman–Crippen MR) is 118 cm³/mol. The Morgan fingerprint density at radius 1 is 1.23 bits per heavy atom. The number of nitrogens with zero attached hydrogens (tertiary/aromatic N) is 1. The van der Waals surface area contributed by atoms with Crippen molar-refractivity contribution in [2.45, 2.75) is 50.7 Å². The summed E-state index contributed by atoms with van der Waals surface area (Å²) in [6.07, 6.45) is 9.69. The zero-order valence-electron chi connectivity index (χ0n) is 17.4. The van der Waals surface area contributed by atoms with Gasteiger partial charge in [0.05, 0.1) is 0 Å². The second-order valence-corrected chi connectivity index (χ2v) is 10.2. The summed E-state index contributed by atoms with van der Waals surface area (Å²) in [5, 5.41) is 10.4. The summed E-state index contributed by atoms with van der Waals surface area (Å²) >= 11 is 1.70. The number of halogens is 1. The summed E-state index contributed by atoms with van der Waals surface area (Å²) in [7, 11) is 0. The third-order valence-corrected chi connectivity index (χ3v) is 8.14. The van der Waals surface area contributed by atoms with E-state index in [1.165, 1.54) is 37.8 Å². The van der Waals surface area contributed by atoms with Crippen LogP contribution in [0.2, 0.25) is 0 Å². The molecule has 0 aromatic heterocycles. The Hall–Kier alpha value is -1.95. The first-order valence-electron chi connectivity index (χ1n) is 11.0. The maximum absolute atomic E-state index is 13.1. The van der Waals surface area contributed by atoms with E-state index in [-0.39, 0.29) is 11.1 Å². The van der Waals surface area contributed by atoms with Gasteiger partial charge in [0.25, 0.3) is 0 Å². The molecule has 1 aromatic carbocycles. The van der Waals surface area contributed by atoms with Gasteiger partial charge in [0.15, 0.2) is 5.76 Å². The fraction of sp³-hybridized carbons (Fsp3) is 0.542. The molecule has 1 atom stereocenters. The van der Waals surface area contributed by atoms with Crippen molar-refractivity contribution >= 4 is 17.9 Å². The van der Waals surface area contributed by atoms with E-state index in [0.29, 0.717) is 11.7 Å². The average Bonchev–Trinajstić information content (AvgIpc) is 3.29. The van der Waals surface area contributed by atoms with Crippen LogP contribution < -0.4 is 0 Å². The Morgan fingerprint density at radius 2 is 1.90 bits per heavy atom. The van der Waals surface area contributed by atoms with Gasteiger partial charge in [0.2, 0.25) is 0 Å². The maximum Gasteiger partial charge on any atom is 0.511 e. The van der Waals surface area contributed by atoms with E-state index in [0.717, 1.165) is 48.4 Å². The average molecular weight is 432 g/mol. The normalized spacial score (nSPS) is 26.3. The number of ether oxygens (including phenoxy) is 1. The number of allylic oxidation sites excluding steroid dienone is 1. The topological polar surface area (TPSA) is 49.8 Å². The van der Waals surface area contributed by atoms with Gasteiger partial charge in [0, 0.05) is 18.3 Å². The minimum absolute atomic E-state index is 0.215. The van der Waals surface area contributed by atoms with Gasteiger partial charge in [-0.25, -0.2) is 9.18 Å². The van der Waals surface area contributed by atoms with Crippen molar-refractivity contribution in [3.05, 3.63) is 58.6 Å². The first-order chi connectivity index (χ1) is 14.5. The summed E-state index contributed by atoms with van der Waals surface area (Å²) in [5.41, 5.74) is 1.11. The van der Waals surface area contributed by atoms with Crippen LogP contribution >= 0.6 is 11.8 Å². The van der Waals surface area contributed by atoms with Crippen molar-refractivity contribution in [2.24, 2.45) is 17.8 Å². The van der Waals surface area contributed by atoms with E-state index in [1.54, 1.807) is 17.8 Å². The SMILES string of the molecule is CC(CCc1ccc(F)cc1)SC1=C(OC(=O)O)C=CCN1CC1C2CCC1CC2. The molecule has 1 aliphatic heterocycles. The molecule has 0 spiro atoms. The number of rotatable bonds is 8. The Labute approximate surface area is 182 Å². The van der Waals surface area contributed by atoms with Crippen molar-refractivity contribution in [1.82, 2.24) is 4.90 Å². The van der Waals surface area contributed by atoms with E-state index in [9.17, 15) is 14.3 Å². The van der Waals surface area contributed by atoms with Gasteiger partial charge < -0.3 is 14.7 Å². The number of carbonyl (C=O) groups is 1. The number of hydrogen-bond donors (Lipinski definition) is 1. The molecular formula is C24H30FNO3S. The molecule has 2 fully saturated rings. The predicted octanol–water partition coefficient (Wildman–Crippen LogP) is 6.05. The van der Waals surface area contributed by atoms with Gasteiger partial charge in [-0.15, -0.1) is 11.8 Å². The first kappa shape index (κ1) is 21.3. The highest BCUT2D eigenvalue weighted by Crippen LogP contribution is 2.50. The highest BCUT2D eigenvalue weighted by atomic mass is 32.2. The number of hydrogen-bond acceptors (Lipinski definition) is 4. The first-order valence-corrected chi connectivity index (χ1v) is 11.8. The second kappa shape index (κ2) is 9.46. The molecule has 0 radical (unpaired) electrons. The van der Waals surface area contributed by atoms with E-state index >= 15 is 0 Å². The van der Waals surface area contributed by atoms with Gasteiger partial charge in [-0.3, -0.25) is 0 Å². The van der Waals surface area contributed by atoms with Crippen LogP contribution in [-0.2, 0) is 11.2 Å². The molecule has 3 aliphatic rings. The molecule has 6 heteroatoms. The molecule has 2 saturated carbocycles. The van der Waals surface area contributed by atoms with Gasteiger partial charge in [0.1, 0.15) is 10.8 Å². The lowest BCUT2D eigenvalue weighted by molar-refractivity contribution is 0.118. The van der Waals surface area contributed by atoms with E-state index in [1.807, 2.05) is 18.2 Å². The number of thioether (sulfide) groups is 1. The number of benzene rings is 1. The van der Waals surface area contributed by atoms with Crippen molar-refractivity contribution in [2.75, 3.05) is 13.1 Å². The molecule has 2 bridgehead atoms. The van der Waals surface area contributed by atoms with Crippen LogP contribution in [0.4, 0.5) is 9.18 Å². The minimum Gasteiger partial charge on any atom is -0.449 e. The van der Waals surface area contributed by atoms with Crippen molar-refractivity contribution in [3.8, 4) is 0 Å². The molecule has 0 amide bonds. The molecule has 1 heterocycles. The molecule has 162 valence electrons. The summed E-state index contributed by atoms with van der Waals surface area (Å²) < 4.78 is 18.3. The lowest BCUT2D eigenvalue weighted by atomic mass is 9.97. The van der Waals surface area contributed by atoms with Crippen LogP contribution in [0.1, 0.15) is 44.6 Å². The fourth-order valence-electron chi connectivity index (χ4n) is 5.27. The minimum atomic E-state index is -1.27. The molecule has 1 aromatic rings. The standard InChI is InChI=1S/C24H30FNO3S/c1-16(4-5-17-6-12-20(25)13-7-17)30-23-22(29-24(27)28)3-2-14-26(23)15-21-18-8-9-19(21)11-10-18/h2-3,6-7,12-13,16,18-19,21H,4-5,8-11,14-15H2,1H3,(H,27,28). The number of fused-ring (bicyclic) bond motifs is 2. The Bertz CT molecular complexity index is 802. The molecule has 1 unspecified atom stereocenters. The van der Waals surface area contributed by atoms with Gasteiger partial charge in [-0.1, -0.05) is 25.1 Å². The third-order valence-electron chi connectivity index (χ3n) is 6.81. The molecule has 30 heavy (non-hydrogen) atoms. The smallest absolute Gasteiger partial charge is 0.449 e. The van der Waals surface area contributed by atoms with Crippen LogP contribution in [0.15, 0.2) is 47.2 Å². The Balaban J connectivity index is 1.44.